The molecule has 0 saturated carbocycles. The normalized spacial score (nSPS) is 14.4. The summed E-state index contributed by atoms with van der Waals surface area (Å²) in [6.07, 6.45) is 0. The summed E-state index contributed by atoms with van der Waals surface area (Å²) in [4.78, 5) is 0. The standard InChI is InChI=1S/C11H21N3/c1-8(12-5)9-7-10(11(2,3)4)14(6)13-9/h7-8,12H,1-6H3. The van der Waals surface area contributed by atoms with Crippen LogP contribution in [0.2, 0.25) is 0 Å². The molecule has 3 heteroatoms. The van der Waals surface area contributed by atoms with Gasteiger partial charge in [-0.3, -0.25) is 4.68 Å². The summed E-state index contributed by atoms with van der Waals surface area (Å²) in [5, 5.41) is 7.70. The van der Waals surface area contributed by atoms with Crippen LogP contribution in [0.5, 0.6) is 0 Å². The lowest BCUT2D eigenvalue weighted by molar-refractivity contribution is 0.520. The van der Waals surface area contributed by atoms with E-state index in [-0.39, 0.29) is 5.41 Å². The van der Waals surface area contributed by atoms with E-state index in [4.69, 9.17) is 0 Å². The van der Waals surface area contributed by atoms with Gasteiger partial charge in [0.1, 0.15) is 0 Å². The highest BCUT2D eigenvalue weighted by atomic mass is 15.3. The molecule has 1 atom stereocenters. The third-order valence-corrected chi connectivity index (χ3v) is 2.54. The van der Waals surface area contributed by atoms with Crippen molar-refractivity contribution < 1.29 is 0 Å². The van der Waals surface area contributed by atoms with E-state index in [1.807, 2.05) is 18.8 Å². The number of nitrogens with one attached hydrogen (secondary N) is 1. The summed E-state index contributed by atoms with van der Waals surface area (Å²) < 4.78 is 1.98. The quantitative estimate of drug-likeness (QED) is 0.782. The molecule has 0 saturated heterocycles. The minimum atomic E-state index is 0.160. The average Bonchev–Trinajstić information content (AvgIpc) is 2.45. The van der Waals surface area contributed by atoms with E-state index >= 15 is 0 Å². The molecule has 80 valence electrons. The second kappa shape index (κ2) is 3.73. The molecular formula is C11H21N3. The van der Waals surface area contributed by atoms with Crippen LogP contribution in [-0.2, 0) is 12.5 Å². The molecule has 0 aliphatic heterocycles. The van der Waals surface area contributed by atoms with Crippen LogP contribution in [-0.4, -0.2) is 16.8 Å². The van der Waals surface area contributed by atoms with Crippen LogP contribution in [0.1, 0.15) is 45.1 Å². The van der Waals surface area contributed by atoms with Gasteiger partial charge in [-0.1, -0.05) is 20.8 Å². The molecule has 1 aromatic heterocycles. The first-order valence-corrected chi connectivity index (χ1v) is 5.08. The summed E-state index contributed by atoms with van der Waals surface area (Å²) in [5.41, 5.74) is 2.54. The third-order valence-electron chi connectivity index (χ3n) is 2.54. The highest BCUT2D eigenvalue weighted by Gasteiger charge is 2.20. The molecule has 1 aromatic rings. The van der Waals surface area contributed by atoms with Crippen molar-refractivity contribution in [1.29, 1.82) is 0 Å². The Labute approximate surface area is 86.5 Å². The minimum Gasteiger partial charge on any atom is -0.312 e. The van der Waals surface area contributed by atoms with Gasteiger partial charge in [-0.05, 0) is 20.0 Å². The maximum absolute atomic E-state index is 4.50. The molecule has 14 heavy (non-hydrogen) atoms. The molecule has 0 aliphatic carbocycles. The number of rotatable bonds is 2. The Hall–Kier alpha value is -0.830. The SMILES string of the molecule is CNC(C)c1cc(C(C)(C)C)n(C)n1. The Kier molecular flexibility index (Phi) is 3.00. The van der Waals surface area contributed by atoms with Crippen molar-refractivity contribution in [2.45, 2.75) is 39.2 Å². The van der Waals surface area contributed by atoms with Gasteiger partial charge in [0, 0.05) is 24.2 Å². The van der Waals surface area contributed by atoms with Gasteiger partial charge in [0.2, 0.25) is 0 Å². The molecule has 1 rings (SSSR count). The van der Waals surface area contributed by atoms with Crippen molar-refractivity contribution in [3.05, 3.63) is 17.5 Å². The van der Waals surface area contributed by atoms with Crippen molar-refractivity contribution in [2.24, 2.45) is 7.05 Å². The predicted molar refractivity (Wildman–Crippen MR) is 59.4 cm³/mol. The molecule has 0 aliphatic rings. The molecule has 0 spiro atoms. The average molecular weight is 195 g/mol. The molecule has 3 nitrogen and oxygen atoms in total. The fourth-order valence-corrected chi connectivity index (χ4v) is 1.55. The first-order valence-electron chi connectivity index (χ1n) is 5.08. The molecule has 1 heterocycles. The van der Waals surface area contributed by atoms with Gasteiger partial charge in [0.25, 0.3) is 0 Å². The molecule has 0 amide bonds. The number of nitrogens with zero attached hydrogens (tertiary/aromatic N) is 2. The van der Waals surface area contributed by atoms with Crippen molar-refractivity contribution in [1.82, 2.24) is 15.1 Å². The Morgan fingerprint density at radius 1 is 1.43 bits per heavy atom. The zero-order valence-corrected chi connectivity index (χ0v) is 10.0. The summed E-state index contributed by atoms with van der Waals surface area (Å²) >= 11 is 0. The van der Waals surface area contributed by atoms with E-state index in [9.17, 15) is 0 Å². The summed E-state index contributed by atoms with van der Waals surface area (Å²) in [6.45, 7) is 8.74. The van der Waals surface area contributed by atoms with Crippen molar-refractivity contribution >= 4 is 0 Å². The summed E-state index contributed by atoms with van der Waals surface area (Å²) in [7, 11) is 3.96. The Morgan fingerprint density at radius 2 is 2.00 bits per heavy atom. The summed E-state index contributed by atoms with van der Waals surface area (Å²) in [6, 6.07) is 2.50. The third kappa shape index (κ3) is 2.15. The number of aryl methyl sites for hydroxylation is 1. The van der Waals surface area contributed by atoms with Crippen LogP contribution >= 0.6 is 0 Å². The monoisotopic (exact) mass is 195 g/mol. The van der Waals surface area contributed by atoms with E-state index < -0.39 is 0 Å². The van der Waals surface area contributed by atoms with Gasteiger partial charge in [-0.25, -0.2) is 0 Å². The molecule has 0 bridgehead atoms. The number of aromatic nitrogens is 2. The highest BCUT2D eigenvalue weighted by molar-refractivity contribution is 5.19. The molecule has 0 aromatic carbocycles. The smallest absolute Gasteiger partial charge is 0.0794 e. The minimum absolute atomic E-state index is 0.160. The molecule has 0 fully saturated rings. The van der Waals surface area contributed by atoms with Gasteiger partial charge < -0.3 is 5.32 Å². The maximum Gasteiger partial charge on any atom is 0.0794 e. The van der Waals surface area contributed by atoms with Crippen LogP contribution in [0.4, 0.5) is 0 Å². The van der Waals surface area contributed by atoms with Crippen LogP contribution in [0.25, 0.3) is 0 Å². The second-order valence-corrected chi connectivity index (χ2v) is 4.84. The van der Waals surface area contributed by atoms with E-state index in [1.165, 1.54) is 5.69 Å². The van der Waals surface area contributed by atoms with Crippen molar-refractivity contribution in [3.63, 3.8) is 0 Å². The fraction of sp³-hybridized carbons (Fsp3) is 0.727. The Morgan fingerprint density at radius 3 is 2.36 bits per heavy atom. The zero-order valence-electron chi connectivity index (χ0n) is 10.0. The first-order chi connectivity index (χ1) is 6.36. The zero-order chi connectivity index (χ0) is 10.9. The lowest BCUT2D eigenvalue weighted by Crippen LogP contribution is -2.16. The van der Waals surface area contributed by atoms with Crippen LogP contribution in [0.3, 0.4) is 0 Å². The predicted octanol–water partition coefficient (Wildman–Crippen LogP) is 2.00. The van der Waals surface area contributed by atoms with E-state index in [2.05, 4.69) is 44.2 Å². The largest absolute Gasteiger partial charge is 0.312 e. The van der Waals surface area contributed by atoms with Crippen LogP contribution in [0.15, 0.2) is 6.07 Å². The second-order valence-electron chi connectivity index (χ2n) is 4.84. The maximum atomic E-state index is 4.50. The lowest BCUT2D eigenvalue weighted by Gasteiger charge is -2.17. The highest BCUT2D eigenvalue weighted by Crippen LogP contribution is 2.24. The molecular weight excluding hydrogens is 174 g/mol. The number of hydrogen-bond acceptors (Lipinski definition) is 2. The van der Waals surface area contributed by atoms with Gasteiger partial charge in [0.15, 0.2) is 0 Å². The summed E-state index contributed by atoms with van der Waals surface area (Å²) in [5.74, 6) is 0. The Balaban J connectivity index is 3.05. The van der Waals surface area contributed by atoms with E-state index in [0.717, 1.165) is 5.69 Å². The molecule has 1 unspecified atom stereocenters. The van der Waals surface area contributed by atoms with Gasteiger partial charge in [-0.2, -0.15) is 5.10 Å². The molecule has 0 radical (unpaired) electrons. The lowest BCUT2D eigenvalue weighted by atomic mass is 9.91. The fourth-order valence-electron chi connectivity index (χ4n) is 1.55. The number of hydrogen-bond donors (Lipinski definition) is 1. The van der Waals surface area contributed by atoms with Crippen molar-refractivity contribution in [2.75, 3.05) is 7.05 Å². The van der Waals surface area contributed by atoms with Crippen LogP contribution < -0.4 is 5.32 Å². The van der Waals surface area contributed by atoms with Gasteiger partial charge in [-0.15, -0.1) is 0 Å². The molecule has 1 N–H and O–H groups in total. The first kappa shape index (κ1) is 11.2. The Bertz CT molecular complexity index is 307. The van der Waals surface area contributed by atoms with E-state index in [1.54, 1.807) is 0 Å². The topological polar surface area (TPSA) is 29.9 Å². The van der Waals surface area contributed by atoms with Gasteiger partial charge in [0.05, 0.1) is 5.69 Å². The van der Waals surface area contributed by atoms with E-state index in [0.29, 0.717) is 6.04 Å². The van der Waals surface area contributed by atoms with Gasteiger partial charge >= 0.3 is 0 Å². The van der Waals surface area contributed by atoms with Crippen molar-refractivity contribution in [3.8, 4) is 0 Å². The van der Waals surface area contributed by atoms with Crippen LogP contribution in [0, 0.1) is 0 Å².